The van der Waals surface area contributed by atoms with Gasteiger partial charge in [-0.05, 0) is 43.5 Å². The molecule has 1 aromatic carbocycles. The number of para-hydroxylation sites is 1. The summed E-state index contributed by atoms with van der Waals surface area (Å²) in [5, 5.41) is 3.03. The first kappa shape index (κ1) is 20.8. The third kappa shape index (κ3) is 5.79. The van der Waals surface area contributed by atoms with Crippen molar-refractivity contribution in [2.24, 2.45) is 5.92 Å². The van der Waals surface area contributed by atoms with Gasteiger partial charge in [-0.2, -0.15) is 0 Å². The Morgan fingerprint density at radius 2 is 1.86 bits per heavy atom. The summed E-state index contributed by atoms with van der Waals surface area (Å²) >= 11 is 0. The molecule has 0 spiro atoms. The molecule has 1 aliphatic heterocycles. The van der Waals surface area contributed by atoms with Crippen molar-refractivity contribution in [2.45, 2.75) is 39.0 Å². The topological polar surface area (TPSA) is 71.5 Å². The van der Waals surface area contributed by atoms with Crippen LogP contribution in [-0.2, 0) is 4.79 Å². The summed E-state index contributed by atoms with van der Waals surface area (Å²) in [5.74, 6) is 0.932. The number of hydrogen-bond donors (Lipinski definition) is 1. The van der Waals surface area contributed by atoms with Crippen LogP contribution in [0.1, 0.15) is 49.4 Å². The van der Waals surface area contributed by atoms with Gasteiger partial charge in [0.15, 0.2) is 0 Å². The monoisotopic (exact) mass is 395 g/mol. The van der Waals surface area contributed by atoms with E-state index in [1.807, 2.05) is 30.3 Å². The molecule has 0 bridgehead atoms. The average Bonchev–Trinajstić information content (AvgIpc) is 2.77. The zero-order chi connectivity index (χ0) is 20.5. The van der Waals surface area contributed by atoms with Crippen LogP contribution in [0.5, 0.6) is 11.6 Å². The number of unbranched alkanes of at least 4 members (excludes halogenated alkanes) is 2. The van der Waals surface area contributed by atoms with Crippen LogP contribution < -0.4 is 10.1 Å². The first-order valence-corrected chi connectivity index (χ1v) is 10.4. The molecule has 1 saturated heterocycles. The summed E-state index contributed by atoms with van der Waals surface area (Å²) in [4.78, 5) is 31.4. The van der Waals surface area contributed by atoms with Crippen molar-refractivity contribution in [1.82, 2.24) is 15.2 Å². The lowest BCUT2D eigenvalue weighted by Gasteiger charge is -2.31. The maximum atomic E-state index is 13.0. The van der Waals surface area contributed by atoms with Gasteiger partial charge in [-0.25, -0.2) is 4.98 Å². The number of hydrogen-bond acceptors (Lipinski definition) is 4. The van der Waals surface area contributed by atoms with Crippen molar-refractivity contribution in [1.29, 1.82) is 0 Å². The van der Waals surface area contributed by atoms with Crippen molar-refractivity contribution in [2.75, 3.05) is 19.6 Å². The number of likely N-dealkylation sites (tertiary alicyclic amines) is 1. The molecule has 6 heteroatoms. The quantitative estimate of drug-likeness (QED) is 0.685. The molecule has 1 fully saturated rings. The fraction of sp³-hybridized carbons (Fsp3) is 0.435. The molecule has 29 heavy (non-hydrogen) atoms. The molecule has 0 saturated carbocycles. The summed E-state index contributed by atoms with van der Waals surface area (Å²) < 4.78 is 5.82. The molecule has 2 heterocycles. The van der Waals surface area contributed by atoms with Crippen LogP contribution in [0.3, 0.4) is 0 Å². The number of aromatic nitrogens is 1. The van der Waals surface area contributed by atoms with Crippen LogP contribution in [0.15, 0.2) is 48.7 Å². The molecule has 0 radical (unpaired) electrons. The average molecular weight is 396 g/mol. The summed E-state index contributed by atoms with van der Waals surface area (Å²) in [5.41, 5.74) is 0.443. The highest BCUT2D eigenvalue weighted by Gasteiger charge is 2.29. The smallest absolute Gasteiger partial charge is 0.259 e. The molecular formula is C23H29N3O3. The number of carbonyl (C=O) groups excluding carboxylic acids is 2. The second kappa shape index (κ2) is 10.6. The number of nitrogens with zero attached hydrogens (tertiary/aromatic N) is 2. The first-order valence-electron chi connectivity index (χ1n) is 10.4. The van der Waals surface area contributed by atoms with Crippen LogP contribution in [0.25, 0.3) is 0 Å². The Morgan fingerprint density at radius 3 is 2.59 bits per heavy atom. The van der Waals surface area contributed by atoms with Crippen molar-refractivity contribution in [3.63, 3.8) is 0 Å². The van der Waals surface area contributed by atoms with E-state index in [-0.39, 0.29) is 17.7 Å². The summed E-state index contributed by atoms with van der Waals surface area (Å²) in [6.07, 6.45) is 6.27. The number of pyridine rings is 1. The summed E-state index contributed by atoms with van der Waals surface area (Å²) in [7, 11) is 0. The van der Waals surface area contributed by atoms with Gasteiger partial charge >= 0.3 is 0 Å². The second-order valence-electron chi connectivity index (χ2n) is 7.34. The van der Waals surface area contributed by atoms with Crippen molar-refractivity contribution >= 4 is 11.8 Å². The molecular weight excluding hydrogens is 366 g/mol. The zero-order valence-electron chi connectivity index (χ0n) is 17.0. The van der Waals surface area contributed by atoms with Crippen LogP contribution in [0.4, 0.5) is 0 Å². The molecule has 1 N–H and O–H groups in total. The van der Waals surface area contributed by atoms with Gasteiger partial charge < -0.3 is 15.0 Å². The number of piperidine rings is 1. The van der Waals surface area contributed by atoms with E-state index < -0.39 is 0 Å². The summed E-state index contributed by atoms with van der Waals surface area (Å²) in [6, 6.07) is 12.8. The van der Waals surface area contributed by atoms with Gasteiger partial charge in [-0.15, -0.1) is 0 Å². The summed E-state index contributed by atoms with van der Waals surface area (Å²) in [6.45, 7) is 4.01. The van der Waals surface area contributed by atoms with Crippen molar-refractivity contribution in [3.05, 3.63) is 54.2 Å². The van der Waals surface area contributed by atoms with E-state index in [0.717, 1.165) is 25.8 Å². The Kier molecular flexibility index (Phi) is 7.61. The Labute approximate surface area is 172 Å². The van der Waals surface area contributed by atoms with Gasteiger partial charge in [0.1, 0.15) is 11.3 Å². The van der Waals surface area contributed by atoms with E-state index in [4.69, 9.17) is 4.74 Å². The number of rotatable bonds is 8. The molecule has 2 aromatic rings. The number of benzene rings is 1. The SMILES string of the molecule is CCCCCNC(=O)C1CCN(C(=O)c2cccnc2Oc2ccccc2)CC1. The van der Waals surface area contributed by atoms with E-state index in [0.29, 0.717) is 43.1 Å². The Hall–Kier alpha value is -2.89. The lowest BCUT2D eigenvalue weighted by molar-refractivity contribution is -0.126. The molecule has 6 nitrogen and oxygen atoms in total. The van der Waals surface area contributed by atoms with Crippen molar-refractivity contribution < 1.29 is 14.3 Å². The Balaban J connectivity index is 1.56. The molecule has 1 aromatic heterocycles. The third-order valence-electron chi connectivity index (χ3n) is 5.19. The van der Waals surface area contributed by atoms with E-state index in [9.17, 15) is 9.59 Å². The lowest BCUT2D eigenvalue weighted by atomic mass is 9.95. The van der Waals surface area contributed by atoms with Gasteiger partial charge in [0, 0.05) is 31.7 Å². The fourth-order valence-corrected chi connectivity index (χ4v) is 3.48. The molecule has 1 aliphatic rings. The standard InChI is InChI=1S/C23H29N3O3/c1-2-3-7-14-24-21(27)18-12-16-26(17-13-18)23(28)20-11-8-15-25-22(20)29-19-9-5-4-6-10-19/h4-6,8-11,15,18H,2-3,7,12-14,16-17H2,1H3,(H,24,27). The molecule has 154 valence electrons. The van der Waals surface area contributed by atoms with Gasteiger partial charge in [-0.1, -0.05) is 38.0 Å². The number of nitrogens with one attached hydrogen (secondary N) is 1. The van der Waals surface area contributed by atoms with Crippen molar-refractivity contribution in [3.8, 4) is 11.6 Å². The predicted molar refractivity (Wildman–Crippen MR) is 112 cm³/mol. The van der Waals surface area contributed by atoms with Crippen LogP contribution in [0, 0.1) is 5.92 Å². The third-order valence-corrected chi connectivity index (χ3v) is 5.19. The number of amides is 2. The van der Waals surface area contributed by atoms with E-state index >= 15 is 0 Å². The highest BCUT2D eigenvalue weighted by molar-refractivity contribution is 5.96. The lowest BCUT2D eigenvalue weighted by Crippen LogP contribution is -2.43. The Bertz CT molecular complexity index is 802. The minimum absolute atomic E-state index is 0.0189. The molecule has 0 unspecified atom stereocenters. The van der Waals surface area contributed by atoms with Crippen LogP contribution in [-0.4, -0.2) is 41.3 Å². The highest BCUT2D eigenvalue weighted by atomic mass is 16.5. The molecule has 2 amide bonds. The highest BCUT2D eigenvalue weighted by Crippen LogP contribution is 2.26. The second-order valence-corrected chi connectivity index (χ2v) is 7.34. The zero-order valence-corrected chi connectivity index (χ0v) is 17.0. The minimum Gasteiger partial charge on any atom is -0.438 e. The Morgan fingerprint density at radius 1 is 1.10 bits per heavy atom. The molecule has 0 aliphatic carbocycles. The molecule has 3 rings (SSSR count). The van der Waals surface area contributed by atoms with Crippen LogP contribution >= 0.6 is 0 Å². The van der Waals surface area contributed by atoms with Crippen LogP contribution in [0.2, 0.25) is 0 Å². The van der Waals surface area contributed by atoms with E-state index in [1.54, 1.807) is 23.2 Å². The first-order chi connectivity index (χ1) is 14.2. The fourth-order valence-electron chi connectivity index (χ4n) is 3.48. The number of carbonyl (C=O) groups is 2. The normalized spacial score (nSPS) is 14.4. The van der Waals surface area contributed by atoms with Gasteiger partial charge in [-0.3, -0.25) is 9.59 Å². The van der Waals surface area contributed by atoms with Gasteiger partial charge in [0.05, 0.1) is 0 Å². The number of ether oxygens (including phenoxy) is 1. The van der Waals surface area contributed by atoms with Gasteiger partial charge in [0.2, 0.25) is 11.8 Å². The minimum atomic E-state index is -0.106. The predicted octanol–water partition coefficient (Wildman–Crippen LogP) is 4.03. The van der Waals surface area contributed by atoms with Gasteiger partial charge in [0.25, 0.3) is 5.91 Å². The largest absolute Gasteiger partial charge is 0.438 e. The van der Waals surface area contributed by atoms with E-state index in [1.165, 1.54) is 0 Å². The van der Waals surface area contributed by atoms with E-state index in [2.05, 4.69) is 17.2 Å². The maximum absolute atomic E-state index is 13.0. The molecule has 0 atom stereocenters. The maximum Gasteiger partial charge on any atom is 0.259 e.